The van der Waals surface area contributed by atoms with Crippen LogP contribution >= 0.6 is 0 Å². The Labute approximate surface area is 145 Å². The van der Waals surface area contributed by atoms with Crippen molar-refractivity contribution >= 4 is 15.8 Å². The van der Waals surface area contributed by atoms with Gasteiger partial charge in [-0.15, -0.1) is 0 Å². The van der Waals surface area contributed by atoms with Crippen molar-refractivity contribution < 1.29 is 8.42 Å². The van der Waals surface area contributed by atoms with Crippen molar-refractivity contribution in [3.05, 3.63) is 18.3 Å². The van der Waals surface area contributed by atoms with E-state index in [4.69, 9.17) is 0 Å². The molecule has 3 rings (SSSR count). The van der Waals surface area contributed by atoms with Gasteiger partial charge >= 0.3 is 0 Å². The average molecular weight is 352 g/mol. The predicted molar refractivity (Wildman–Crippen MR) is 96.6 cm³/mol. The monoisotopic (exact) mass is 351 g/mol. The van der Waals surface area contributed by atoms with E-state index >= 15 is 0 Å². The zero-order valence-corrected chi connectivity index (χ0v) is 15.2. The summed E-state index contributed by atoms with van der Waals surface area (Å²) in [5.41, 5.74) is 0. The minimum absolute atomic E-state index is 0.313. The first-order valence-electron chi connectivity index (χ1n) is 9.39. The quantitative estimate of drug-likeness (QED) is 0.897. The van der Waals surface area contributed by atoms with Gasteiger partial charge in [-0.05, 0) is 37.8 Å². The van der Waals surface area contributed by atoms with Crippen LogP contribution in [0.5, 0.6) is 0 Å². The van der Waals surface area contributed by atoms with Crippen molar-refractivity contribution in [2.45, 2.75) is 75.1 Å². The van der Waals surface area contributed by atoms with Crippen molar-refractivity contribution in [3.63, 3.8) is 0 Å². The molecule has 1 saturated carbocycles. The summed E-state index contributed by atoms with van der Waals surface area (Å²) < 4.78 is 26.9. The van der Waals surface area contributed by atoms with E-state index in [0.29, 0.717) is 24.0 Å². The van der Waals surface area contributed by atoms with Crippen LogP contribution in [0.1, 0.15) is 64.2 Å². The molecule has 5 nitrogen and oxygen atoms in total. The maximum Gasteiger partial charge on any atom is 0.244 e. The van der Waals surface area contributed by atoms with Crippen LogP contribution in [-0.4, -0.2) is 36.8 Å². The van der Waals surface area contributed by atoms with Crippen molar-refractivity contribution in [3.8, 4) is 0 Å². The minimum atomic E-state index is -3.38. The Bertz CT molecular complexity index is 602. The molecule has 0 amide bonds. The summed E-state index contributed by atoms with van der Waals surface area (Å²) in [5, 5.41) is 3.49. The molecule has 1 saturated heterocycles. The molecule has 2 aliphatic rings. The fourth-order valence-electron chi connectivity index (χ4n) is 3.68. The Kier molecular flexibility index (Phi) is 6.11. The number of hydrogen-bond acceptors (Lipinski definition) is 4. The SMILES string of the molecule is O=S(=O)(c1ccc(NC2CCCCCCC2)nc1)N1CCCCC1. The van der Waals surface area contributed by atoms with Crippen molar-refractivity contribution in [2.75, 3.05) is 18.4 Å². The molecule has 1 aliphatic carbocycles. The maximum atomic E-state index is 12.6. The van der Waals surface area contributed by atoms with Crippen LogP contribution in [0.3, 0.4) is 0 Å². The number of pyridine rings is 1. The van der Waals surface area contributed by atoms with Crippen LogP contribution in [0.2, 0.25) is 0 Å². The van der Waals surface area contributed by atoms with Gasteiger partial charge in [0, 0.05) is 25.3 Å². The van der Waals surface area contributed by atoms with Gasteiger partial charge in [0.15, 0.2) is 0 Å². The Balaban J connectivity index is 1.64. The van der Waals surface area contributed by atoms with Gasteiger partial charge in [0.2, 0.25) is 10.0 Å². The van der Waals surface area contributed by atoms with Crippen LogP contribution in [-0.2, 0) is 10.0 Å². The highest BCUT2D eigenvalue weighted by Crippen LogP contribution is 2.23. The third kappa shape index (κ3) is 4.48. The lowest BCUT2D eigenvalue weighted by molar-refractivity contribution is 0.346. The molecule has 0 unspecified atom stereocenters. The molecule has 0 atom stereocenters. The predicted octanol–water partition coefficient (Wildman–Crippen LogP) is 3.78. The molecule has 1 aromatic rings. The first-order valence-corrected chi connectivity index (χ1v) is 10.8. The molecule has 2 fully saturated rings. The van der Waals surface area contributed by atoms with Gasteiger partial charge in [-0.25, -0.2) is 13.4 Å². The lowest BCUT2D eigenvalue weighted by Gasteiger charge is -2.26. The molecule has 0 aromatic carbocycles. The number of nitrogens with zero attached hydrogens (tertiary/aromatic N) is 2. The number of hydrogen-bond donors (Lipinski definition) is 1. The van der Waals surface area contributed by atoms with Gasteiger partial charge in [0.05, 0.1) is 0 Å². The smallest absolute Gasteiger partial charge is 0.244 e. The van der Waals surface area contributed by atoms with E-state index in [2.05, 4.69) is 10.3 Å². The molecular weight excluding hydrogens is 322 g/mol. The van der Waals surface area contributed by atoms with Gasteiger partial charge in [0.25, 0.3) is 0 Å². The molecular formula is C18H29N3O2S. The lowest BCUT2D eigenvalue weighted by Crippen LogP contribution is -2.35. The number of sulfonamides is 1. The van der Waals surface area contributed by atoms with Crippen molar-refractivity contribution in [2.24, 2.45) is 0 Å². The molecule has 6 heteroatoms. The molecule has 24 heavy (non-hydrogen) atoms. The standard InChI is InChI=1S/C18H29N3O2S/c22-24(23,21-13-7-4-8-14-21)17-11-12-18(19-15-17)20-16-9-5-2-1-3-6-10-16/h11-12,15-16H,1-10,13-14H2,(H,19,20). The second-order valence-corrected chi connectivity index (χ2v) is 8.97. The maximum absolute atomic E-state index is 12.6. The Morgan fingerprint density at radius 3 is 2.17 bits per heavy atom. The van der Waals surface area contributed by atoms with E-state index < -0.39 is 10.0 Å². The van der Waals surface area contributed by atoms with Gasteiger partial charge in [-0.2, -0.15) is 4.31 Å². The summed E-state index contributed by atoms with van der Waals surface area (Å²) in [5.74, 6) is 0.790. The highest BCUT2D eigenvalue weighted by Gasteiger charge is 2.26. The first kappa shape index (κ1) is 17.7. The summed E-state index contributed by atoms with van der Waals surface area (Å²) in [7, 11) is -3.38. The van der Waals surface area contributed by atoms with Crippen LogP contribution in [0.4, 0.5) is 5.82 Å². The lowest BCUT2D eigenvalue weighted by atomic mass is 9.97. The van der Waals surface area contributed by atoms with E-state index in [1.54, 1.807) is 10.4 Å². The minimum Gasteiger partial charge on any atom is -0.367 e. The van der Waals surface area contributed by atoms with Gasteiger partial charge < -0.3 is 5.32 Å². The number of anilines is 1. The van der Waals surface area contributed by atoms with Crippen molar-refractivity contribution in [1.82, 2.24) is 9.29 Å². The molecule has 1 N–H and O–H groups in total. The summed E-state index contributed by atoms with van der Waals surface area (Å²) in [6.07, 6.45) is 13.4. The fraction of sp³-hybridized carbons (Fsp3) is 0.722. The van der Waals surface area contributed by atoms with Crippen molar-refractivity contribution in [1.29, 1.82) is 0 Å². The highest BCUT2D eigenvalue weighted by molar-refractivity contribution is 7.89. The van der Waals surface area contributed by atoms with Gasteiger partial charge in [0.1, 0.15) is 10.7 Å². The summed E-state index contributed by atoms with van der Waals surface area (Å²) >= 11 is 0. The normalized spacial score (nSPS) is 21.8. The van der Waals surface area contributed by atoms with E-state index in [1.807, 2.05) is 6.07 Å². The van der Waals surface area contributed by atoms with Crippen LogP contribution in [0.25, 0.3) is 0 Å². The van der Waals surface area contributed by atoms with Crippen LogP contribution < -0.4 is 5.32 Å². The Hall–Kier alpha value is -1.14. The molecule has 134 valence electrons. The third-order valence-corrected chi connectivity index (χ3v) is 7.03. The fourth-order valence-corrected chi connectivity index (χ4v) is 5.15. The Morgan fingerprint density at radius 2 is 1.54 bits per heavy atom. The van der Waals surface area contributed by atoms with E-state index in [9.17, 15) is 8.42 Å². The molecule has 0 radical (unpaired) electrons. The molecule has 2 heterocycles. The average Bonchev–Trinajstić information content (AvgIpc) is 2.58. The molecule has 0 spiro atoms. The largest absolute Gasteiger partial charge is 0.367 e. The van der Waals surface area contributed by atoms with Gasteiger partial charge in [-0.1, -0.05) is 38.5 Å². The summed E-state index contributed by atoms with van der Waals surface area (Å²) in [6.45, 7) is 1.26. The zero-order valence-electron chi connectivity index (χ0n) is 14.4. The van der Waals surface area contributed by atoms with E-state index in [1.165, 1.54) is 51.1 Å². The van der Waals surface area contributed by atoms with E-state index in [-0.39, 0.29) is 0 Å². The first-order chi connectivity index (χ1) is 11.7. The second kappa shape index (κ2) is 8.30. The summed E-state index contributed by atoms with van der Waals surface area (Å²) in [6, 6.07) is 3.97. The Morgan fingerprint density at radius 1 is 0.917 bits per heavy atom. The van der Waals surface area contributed by atoms with E-state index in [0.717, 1.165) is 25.1 Å². The zero-order chi connectivity index (χ0) is 16.8. The highest BCUT2D eigenvalue weighted by atomic mass is 32.2. The second-order valence-electron chi connectivity index (χ2n) is 7.03. The molecule has 1 aromatic heterocycles. The topological polar surface area (TPSA) is 62.3 Å². The molecule has 1 aliphatic heterocycles. The number of nitrogens with one attached hydrogen (secondary N) is 1. The number of aromatic nitrogens is 1. The number of piperidine rings is 1. The number of rotatable bonds is 4. The third-order valence-electron chi connectivity index (χ3n) is 5.15. The summed E-state index contributed by atoms with van der Waals surface area (Å²) in [4.78, 5) is 4.68. The van der Waals surface area contributed by atoms with Gasteiger partial charge in [-0.3, -0.25) is 0 Å². The molecule has 0 bridgehead atoms. The van der Waals surface area contributed by atoms with Crippen LogP contribution in [0, 0.1) is 0 Å². The van der Waals surface area contributed by atoms with Crippen LogP contribution in [0.15, 0.2) is 23.2 Å².